The van der Waals surface area contributed by atoms with Crippen molar-refractivity contribution in [3.8, 4) is 11.4 Å². The SMILES string of the molecule is COc1ccc(NC(=O)Cn2cnc3c(c(C)c(C)n3-c3ccccc3)c2=O)cc1. The lowest BCUT2D eigenvalue weighted by atomic mass is 10.2. The normalized spacial score (nSPS) is 10.9. The van der Waals surface area contributed by atoms with Gasteiger partial charge in [0.1, 0.15) is 18.6 Å². The number of nitrogens with zero attached hydrogens (tertiary/aromatic N) is 3. The summed E-state index contributed by atoms with van der Waals surface area (Å²) in [7, 11) is 1.58. The van der Waals surface area contributed by atoms with Crippen LogP contribution < -0.4 is 15.6 Å². The molecule has 30 heavy (non-hydrogen) atoms. The highest BCUT2D eigenvalue weighted by molar-refractivity contribution is 5.91. The molecular formula is C23H22N4O3. The van der Waals surface area contributed by atoms with Gasteiger partial charge < -0.3 is 10.1 Å². The number of carbonyl (C=O) groups is 1. The van der Waals surface area contributed by atoms with Gasteiger partial charge in [-0.15, -0.1) is 0 Å². The number of fused-ring (bicyclic) bond motifs is 1. The second-order valence-corrected chi connectivity index (χ2v) is 7.03. The quantitative estimate of drug-likeness (QED) is 0.555. The number of amides is 1. The zero-order valence-corrected chi connectivity index (χ0v) is 17.0. The van der Waals surface area contributed by atoms with Crippen LogP contribution in [0, 0.1) is 13.8 Å². The zero-order valence-electron chi connectivity index (χ0n) is 17.0. The number of para-hydroxylation sites is 1. The maximum absolute atomic E-state index is 13.1. The minimum absolute atomic E-state index is 0.122. The average molecular weight is 402 g/mol. The maximum atomic E-state index is 13.1. The van der Waals surface area contributed by atoms with Crippen LogP contribution >= 0.6 is 0 Å². The summed E-state index contributed by atoms with van der Waals surface area (Å²) in [5.74, 6) is 0.396. The van der Waals surface area contributed by atoms with E-state index in [0.717, 1.165) is 16.9 Å². The number of carbonyl (C=O) groups excluding carboxylic acids is 1. The number of hydrogen-bond donors (Lipinski definition) is 1. The largest absolute Gasteiger partial charge is 0.497 e. The lowest BCUT2D eigenvalue weighted by molar-refractivity contribution is -0.116. The lowest BCUT2D eigenvalue weighted by Gasteiger charge is -2.09. The Kier molecular flexibility index (Phi) is 5.10. The first kappa shape index (κ1) is 19.4. The molecule has 1 N–H and O–H groups in total. The third kappa shape index (κ3) is 3.45. The zero-order chi connectivity index (χ0) is 21.3. The van der Waals surface area contributed by atoms with Gasteiger partial charge in [0.25, 0.3) is 5.56 Å². The fourth-order valence-electron chi connectivity index (χ4n) is 3.52. The van der Waals surface area contributed by atoms with Crippen molar-refractivity contribution < 1.29 is 9.53 Å². The van der Waals surface area contributed by atoms with Gasteiger partial charge in [0.05, 0.1) is 12.5 Å². The first-order valence-corrected chi connectivity index (χ1v) is 9.56. The highest BCUT2D eigenvalue weighted by Crippen LogP contribution is 2.24. The number of aryl methyl sites for hydroxylation is 1. The average Bonchev–Trinajstić information content (AvgIpc) is 3.02. The molecule has 0 aliphatic rings. The molecule has 0 saturated heterocycles. The van der Waals surface area contributed by atoms with E-state index in [9.17, 15) is 9.59 Å². The van der Waals surface area contributed by atoms with Crippen LogP contribution in [-0.4, -0.2) is 27.1 Å². The van der Waals surface area contributed by atoms with Gasteiger partial charge in [-0.1, -0.05) is 18.2 Å². The van der Waals surface area contributed by atoms with E-state index < -0.39 is 0 Å². The van der Waals surface area contributed by atoms with Crippen LogP contribution in [0.2, 0.25) is 0 Å². The molecule has 0 spiro atoms. The second kappa shape index (κ2) is 7.87. The molecule has 0 unspecified atom stereocenters. The third-order valence-corrected chi connectivity index (χ3v) is 5.18. The molecule has 2 aromatic heterocycles. The molecule has 2 heterocycles. The van der Waals surface area contributed by atoms with Crippen LogP contribution in [0.4, 0.5) is 5.69 Å². The Morgan fingerprint density at radius 2 is 1.77 bits per heavy atom. The number of nitrogens with one attached hydrogen (secondary N) is 1. The topological polar surface area (TPSA) is 78.2 Å². The number of anilines is 1. The predicted octanol–water partition coefficient (Wildman–Crippen LogP) is 3.45. The number of hydrogen-bond acceptors (Lipinski definition) is 4. The smallest absolute Gasteiger partial charge is 0.263 e. The van der Waals surface area contributed by atoms with Crippen LogP contribution in [-0.2, 0) is 11.3 Å². The Balaban J connectivity index is 1.66. The molecule has 0 fully saturated rings. The molecule has 152 valence electrons. The minimum Gasteiger partial charge on any atom is -0.497 e. The number of ether oxygens (including phenoxy) is 1. The van der Waals surface area contributed by atoms with Gasteiger partial charge in [-0.2, -0.15) is 0 Å². The van der Waals surface area contributed by atoms with Crippen molar-refractivity contribution in [1.29, 1.82) is 0 Å². The van der Waals surface area contributed by atoms with Crippen LogP contribution in [0.1, 0.15) is 11.3 Å². The van der Waals surface area contributed by atoms with Crippen molar-refractivity contribution in [1.82, 2.24) is 14.1 Å². The Morgan fingerprint density at radius 1 is 1.07 bits per heavy atom. The summed E-state index contributed by atoms with van der Waals surface area (Å²) in [6.45, 7) is 3.74. The molecule has 7 nitrogen and oxygen atoms in total. The first-order chi connectivity index (χ1) is 14.5. The van der Waals surface area contributed by atoms with Gasteiger partial charge in [0.15, 0.2) is 5.65 Å². The minimum atomic E-state index is -0.305. The number of rotatable bonds is 5. The monoisotopic (exact) mass is 402 g/mol. The van der Waals surface area contributed by atoms with Crippen molar-refractivity contribution in [2.24, 2.45) is 0 Å². The summed E-state index contributed by atoms with van der Waals surface area (Å²) in [4.78, 5) is 30.1. The van der Waals surface area contributed by atoms with E-state index in [2.05, 4.69) is 10.3 Å². The molecule has 0 radical (unpaired) electrons. The highest BCUT2D eigenvalue weighted by atomic mass is 16.5. The van der Waals surface area contributed by atoms with E-state index in [1.54, 1.807) is 31.4 Å². The molecule has 2 aromatic carbocycles. The molecule has 0 atom stereocenters. The number of aromatic nitrogens is 3. The van der Waals surface area contributed by atoms with Gasteiger partial charge in [-0.3, -0.25) is 18.7 Å². The van der Waals surface area contributed by atoms with Crippen molar-refractivity contribution in [3.05, 3.63) is 82.5 Å². The number of benzene rings is 2. The van der Waals surface area contributed by atoms with Crippen LogP contribution in [0.15, 0.2) is 65.7 Å². The molecule has 0 aliphatic heterocycles. The fraction of sp³-hybridized carbons (Fsp3) is 0.174. The van der Waals surface area contributed by atoms with Crippen LogP contribution in [0.3, 0.4) is 0 Å². The Labute approximate surface area is 173 Å². The summed E-state index contributed by atoms with van der Waals surface area (Å²) in [5, 5.41) is 3.31. The predicted molar refractivity (Wildman–Crippen MR) is 116 cm³/mol. The van der Waals surface area contributed by atoms with Gasteiger partial charge in [0, 0.05) is 17.1 Å². The molecule has 7 heteroatoms. The van der Waals surface area contributed by atoms with E-state index >= 15 is 0 Å². The summed E-state index contributed by atoms with van der Waals surface area (Å²) < 4.78 is 8.42. The first-order valence-electron chi connectivity index (χ1n) is 9.56. The van der Waals surface area contributed by atoms with E-state index in [1.807, 2.05) is 48.7 Å². The van der Waals surface area contributed by atoms with Gasteiger partial charge in [-0.25, -0.2) is 4.98 Å². The second-order valence-electron chi connectivity index (χ2n) is 7.03. The fourth-order valence-corrected chi connectivity index (χ4v) is 3.52. The Hall–Kier alpha value is -3.87. The molecule has 4 aromatic rings. The highest BCUT2D eigenvalue weighted by Gasteiger charge is 2.18. The van der Waals surface area contributed by atoms with Gasteiger partial charge in [0.2, 0.25) is 5.91 Å². The summed E-state index contributed by atoms with van der Waals surface area (Å²) in [6, 6.07) is 16.8. The molecular weight excluding hydrogens is 380 g/mol. The molecule has 0 bridgehead atoms. The Bertz CT molecular complexity index is 1270. The van der Waals surface area contributed by atoms with E-state index in [0.29, 0.717) is 22.5 Å². The molecule has 4 rings (SSSR count). The summed E-state index contributed by atoms with van der Waals surface area (Å²) >= 11 is 0. The van der Waals surface area contributed by atoms with Crippen molar-refractivity contribution in [2.75, 3.05) is 12.4 Å². The molecule has 0 saturated carbocycles. The molecule has 0 aliphatic carbocycles. The van der Waals surface area contributed by atoms with E-state index in [4.69, 9.17) is 4.74 Å². The standard InChI is InChI=1S/C23H22N4O3/c1-15-16(2)27(18-7-5-4-6-8-18)22-21(15)23(29)26(14-24-22)13-20(28)25-17-9-11-19(30-3)12-10-17/h4-12,14H,13H2,1-3H3,(H,25,28). The number of methoxy groups -OCH3 is 1. The van der Waals surface area contributed by atoms with Crippen LogP contribution in [0.25, 0.3) is 16.7 Å². The van der Waals surface area contributed by atoms with Crippen molar-refractivity contribution in [2.45, 2.75) is 20.4 Å². The maximum Gasteiger partial charge on any atom is 0.263 e. The van der Waals surface area contributed by atoms with Gasteiger partial charge in [-0.05, 0) is 55.8 Å². The van der Waals surface area contributed by atoms with Gasteiger partial charge >= 0.3 is 0 Å². The summed E-state index contributed by atoms with van der Waals surface area (Å²) in [5.41, 5.74) is 3.73. The van der Waals surface area contributed by atoms with Crippen LogP contribution in [0.5, 0.6) is 5.75 Å². The van der Waals surface area contributed by atoms with E-state index in [1.165, 1.54) is 10.9 Å². The lowest BCUT2D eigenvalue weighted by Crippen LogP contribution is -2.28. The van der Waals surface area contributed by atoms with E-state index in [-0.39, 0.29) is 18.0 Å². The van der Waals surface area contributed by atoms with Crippen molar-refractivity contribution >= 4 is 22.6 Å². The van der Waals surface area contributed by atoms with Crippen molar-refractivity contribution in [3.63, 3.8) is 0 Å². The third-order valence-electron chi connectivity index (χ3n) is 5.18. The summed E-state index contributed by atoms with van der Waals surface area (Å²) in [6.07, 6.45) is 1.43. The molecule has 1 amide bonds. The Morgan fingerprint density at radius 3 is 2.43 bits per heavy atom.